The van der Waals surface area contributed by atoms with Crippen LogP contribution < -0.4 is 5.32 Å². The normalized spacial score (nSPS) is 10.9. The summed E-state index contributed by atoms with van der Waals surface area (Å²) < 4.78 is 1.39. The lowest BCUT2D eigenvalue weighted by Gasteiger charge is -1.97. The van der Waals surface area contributed by atoms with Gasteiger partial charge in [0.25, 0.3) is 0 Å². The van der Waals surface area contributed by atoms with E-state index in [1.54, 1.807) is 0 Å². The average molecular weight is 191 g/mol. The van der Waals surface area contributed by atoms with Crippen molar-refractivity contribution >= 4 is 21.4 Å². The van der Waals surface area contributed by atoms with Crippen LogP contribution in [0.4, 0.5) is 0 Å². The van der Waals surface area contributed by atoms with Crippen LogP contribution in [0.25, 0.3) is 10.1 Å². The van der Waals surface area contributed by atoms with Gasteiger partial charge < -0.3 is 5.32 Å². The maximum absolute atomic E-state index is 3.18. The van der Waals surface area contributed by atoms with E-state index in [1.165, 1.54) is 21.2 Å². The Hall–Kier alpha value is -0.860. The molecule has 0 aliphatic carbocycles. The summed E-state index contributed by atoms with van der Waals surface area (Å²) in [5.74, 6) is 0. The monoisotopic (exact) mass is 191 g/mol. The molecule has 0 saturated carbocycles. The minimum Gasteiger partial charge on any atom is -0.316 e. The maximum Gasteiger partial charge on any atom is 0.0348 e. The van der Waals surface area contributed by atoms with Gasteiger partial charge in [-0.1, -0.05) is 12.1 Å². The number of nitrogens with one attached hydrogen (secondary N) is 1. The molecule has 0 aliphatic heterocycles. The molecule has 0 spiro atoms. The van der Waals surface area contributed by atoms with Crippen molar-refractivity contribution in [2.75, 3.05) is 7.05 Å². The van der Waals surface area contributed by atoms with Crippen molar-refractivity contribution in [3.63, 3.8) is 0 Å². The molecule has 1 aromatic carbocycles. The van der Waals surface area contributed by atoms with Crippen molar-refractivity contribution < 1.29 is 0 Å². The predicted octanol–water partition coefficient (Wildman–Crippen LogP) is 2.93. The van der Waals surface area contributed by atoms with E-state index < -0.39 is 0 Å². The van der Waals surface area contributed by atoms with Crippen molar-refractivity contribution in [2.45, 2.75) is 13.5 Å². The van der Waals surface area contributed by atoms with Crippen LogP contribution in [-0.2, 0) is 6.54 Å². The summed E-state index contributed by atoms with van der Waals surface area (Å²) in [6.07, 6.45) is 0. The molecule has 2 heteroatoms. The van der Waals surface area contributed by atoms with Crippen molar-refractivity contribution in [2.24, 2.45) is 0 Å². The van der Waals surface area contributed by atoms with Gasteiger partial charge in [-0.15, -0.1) is 11.3 Å². The van der Waals surface area contributed by atoms with Gasteiger partial charge in [-0.2, -0.15) is 0 Å². The Labute approximate surface area is 82.4 Å². The van der Waals surface area contributed by atoms with Crippen LogP contribution in [0.2, 0.25) is 0 Å². The van der Waals surface area contributed by atoms with E-state index in [0.717, 1.165) is 6.54 Å². The summed E-state index contributed by atoms with van der Waals surface area (Å²) >= 11 is 1.83. The lowest BCUT2D eigenvalue weighted by molar-refractivity contribution is 0.826. The molecular weight excluding hydrogens is 178 g/mol. The third-order valence-electron chi connectivity index (χ3n) is 2.18. The second-order valence-electron chi connectivity index (χ2n) is 3.29. The molecule has 0 aliphatic rings. The first-order chi connectivity index (χ1) is 6.31. The first kappa shape index (κ1) is 8.73. The Kier molecular flexibility index (Phi) is 2.34. The topological polar surface area (TPSA) is 12.0 Å². The Morgan fingerprint density at radius 2 is 2.23 bits per heavy atom. The van der Waals surface area contributed by atoms with E-state index in [9.17, 15) is 0 Å². The molecule has 1 nitrogen and oxygen atoms in total. The van der Waals surface area contributed by atoms with E-state index in [-0.39, 0.29) is 0 Å². The lowest BCUT2D eigenvalue weighted by Crippen LogP contribution is -2.03. The number of thiophene rings is 1. The zero-order valence-electron chi connectivity index (χ0n) is 7.92. The lowest BCUT2D eigenvalue weighted by atomic mass is 10.1. The highest BCUT2D eigenvalue weighted by atomic mass is 32.1. The summed E-state index contributed by atoms with van der Waals surface area (Å²) in [5.41, 5.74) is 2.74. The fraction of sp³-hybridized carbons (Fsp3) is 0.273. The minimum absolute atomic E-state index is 0.961. The zero-order chi connectivity index (χ0) is 9.26. The molecule has 2 aromatic rings. The number of hydrogen-bond acceptors (Lipinski definition) is 2. The molecule has 0 saturated heterocycles. The summed E-state index contributed by atoms with van der Waals surface area (Å²) in [6.45, 7) is 3.10. The van der Waals surface area contributed by atoms with Gasteiger partial charge in [0.1, 0.15) is 0 Å². The standard InChI is InChI=1S/C11H13NS/c1-8-3-4-10-9(6-12-2)7-13-11(10)5-8/h3-5,7,12H,6H2,1-2H3. The number of hydrogen-bond donors (Lipinski definition) is 1. The highest BCUT2D eigenvalue weighted by Crippen LogP contribution is 2.26. The third kappa shape index (κ3) is 1.60. The van der Waals surface area contributed by atoms with Gasteiger partial charge in [0.15, 0.2) is 0 Å². The van der Waals surface area contributed by atoms with Gasteiger partial charge in [0.2, 0.25) is 0 Å². The Morgan fingerprint density at radius 1 is 1.38 bits per heavy atom. The van der Waals surface area contributed by atoms with Gasteiger partial charge in [-0.05, 0) is 41.9 Å². The zero-order valence-corrected chi connectivity index (χ0v) is 8.74. The number of benzene rings is 1. The summed E-state index contributed by atoms with van der Waals surface area (Å²) in [5, 5.41) is 6.81. The molecule has 0 fully saturated rings. The molecule has 1 heterocycles. The van der Waals surface area contributed by atoms with Crippen LogP contribution in [0.1, 0.15) is 11.1 Å². The summed E-state index contributed by atoms with van der Waals surface area (Å²) in [4.78, 5) is 0. The van der Waals surface area contributed by atoms with E-state index in [2.05, 4.69) is 35.8 Å². The fourth-order valence-corrected chi connectivity index (χ4v) is 2.58. The first-order valence-corrected chi connectivity index (χ1v) is 5.30. The van der Waals surface area contributed by atoms with Gasteiger partial charge in [-0.25, -0.2) is 0 Å². The minimum atomic E-state index is 0.961. The second kappa shape index (κ2) is 3.48. The fourth-order valence-electron chi connectivity index (χ4n) is 1.52. The van der Waals surface area contributed by atoms with Gasteiger partial charge in [0, 0.05) is 11.2 Å². The molecule has 0 amide bonds. The SMILES string of the molecule is CNCc1csc2cc(C)ccc12. The Morgan fingerprint density at radius 3 is 3.00 bits per heavy atom. The van der Waals surface area contributed by atoms with Crippen LogP contribution in [0.3, 0.4) is 0 Å². The summed E-state index contributed by atoms with van der Waals surface area (Å²) in [6, 6.07) is 6.64. The van der Waals surface area contributed by atoms with Crippen molar-refractivity contribution in [1.29, 1.82) is 0 Å². The first-order valence-electron chi connectivity index (χ1n) is 4.42. The Balaban J connectivity index is 2.55. The molecule has 1 aromatic heterocycles. The average Bonchev–Trinajstić information content (AvgIpc) is 2.49. The number of fused-ring (bicyclic) bond motifs is 1. The van der Waals surface area contributed by atoms with Gasteiger partial charge >= 0.3 is 0 Å². The molecule has 1 N–H and O–H groups in total. The van der Waals surface area contributed by atoms with Gasteiger partial charge in [0.05, 0.1) is 0 Å². The predicted molar refractivity (Wildman–Crippen MR) is 59.3 cm³/mol. The molecule has 68 valence electrons. The smallest absolute Gasteiger partial charge is 0.0348 e. The number of rotatable bonds is 2. The van der Waals surface area contributed by atoms with E-state index in [4.69, 9.17) is 0 Å². The summed E-state index contributed by atoms with van der Waals surface area (Å²) in [7, 11) is 1.98. The van der Waals surface area contributed by atoms with Gasteiger partial charge in [-0.3, -0.25) is 0 Å². The quantitative estimate of drug-likeness (QED) is 0.769. The van der Waals surface area contributed by atoms with Crippen molar-refractivity contribution in [1.82, 2.24) is 5.32 Å². The second-order valence-corrected chi connectivity index (χ2v) is 4.20. The molecular formula is C11H13NS. The van der Waals surface area contributed by atoms with E-state index in [0.29, 0.717) is 0 Å². The molecule has 0 atom stereocenters. The largest absolute Gasteiger partial charge is 0.316 e. The molecule has 0 radical (unpaired) electrons. The maximum atomic E-state index is 3.18. The van der Waals surface area contributed by atoms with Crippen LogP contribution in [-0.4, -0.2) is 7.05 Å². The van der Waals surface area contributed by atoms with Crippen molar-refractivity contribution in [3.8, 4) is 0 Å². The van der Waals surface area contributed by atoms with Crippen LogP contribution in [0.15, 0.2) is 23.6 Å². The Bertz CT molecular complexity index is 417. The van der Waals surface area contributed by atoms with Crippen molar-refractivity contribution in [3.05, 3.63) is 34.7 Å². The van der Waals surface area contributed by atoms with Crippen LogP contribution in [0, 0.1) is 6.92 Å². The number of aryl methyl sites for hydroxylation is 1. The highest BCUT2D eigenvalue weighted by Gasteiger charge is 2.02. The van der Waals surface area contributed by atoms with Crippen LogP contribution >= 0.6 is 11.3 Å². The highest BCUT2D eigenvalue weighted by molar-refractivity contribution is 7.17. The molecule has 0 bridgehead atoms. The van der Waals surface area contributed by atoms with Crippen LogP contribution in [0.5, 0.6) is 0 Å². The molecule has 13 heavy (non-hydrogen) atoms. The molecule has 2 rings (SSSR count). The van der Waals surface area contributed by atoms with E-state index >= 15 is 0 Å². The molecule has 0 unspecified atom stereocenters. The third-order valence-corrected chi connectivity index (χ3v) is 3.17. The van der Waals surface area contributed by atoms with E-state index in [1.807, 2.05) is 18.4 Å².